The topological polar surface area (TPSA) is 43.9 Å². The molecule has 136 valence electrons. The molecule has 5 heteroatoms. The van der Waals surface area contributed by atoms with Gasteiger partial charge in [0.25, 0.3) is 5.91 Å². The molecule has 1 aromatic rings. The van der Waals surface area contributed by atoms with Gasteiger partial charge >= 0.3 is 0 Å². The van der Waals surface area contributed by atoms with Gasteiger partial charge in [0, 0.05) is 44.3 Å². The SMILES string of the molecule is CCN(CC)C(=O)CN1CCC(N2CCc3ccccc3C2=O)CC1. The van der Waals surface area contributed by atoms with Crippen molar-refractivity contribution < 1.29 is 9.59 Å². The van der Waals surface area contributed by atoms with Gasteiger partial charge < -0.3 is 9.80 Å². The first-order valence-corrected chi connectivity index (χ1v) is 9.53. The quantitative estimate of drug-likeness (QED) is 0.821. The van der Waals surface area contributed by atoms with Crippen molar-refractivity contribution in [3.63, 3.8) is 0 Å². The maximum Gasteiger partial charge on any atom is 0.254 e. The summed E-state index contributed by atoms with van der Waals surface area (Å²) in [5.74, 6) is 0.394. The Bertz CT molecular complexity index is 619. The zero-order valence-corrected chi connectivity index (χ0v) is 15.4. The first kappa shape index (κ1) is 17.9. The number of carbonyl (C=O) groups is 2. The number of likely N-dealkylation sites (N-methyl/N-ethyl adjacent to an activating group) is 1. The summed E-state index contributed by atoms with van der Waals surface area (Å²) in [6.07, 6.45) is 2.86. The highest BCUT2D eigenvalue weighted by Gasteiger charge is 2.32. The van der Waals surface area contributed by atoms with Crippen molar-refractivity contribution in [3.8, 4) is 0 Å². The van der Waals surface area contributed by atoms with Gasteiger partial charge in [-0.15, -0.1) is 0 Å². The van der Waals surface area contributed by atoms with E-state index in [1.807, 2.05) is 36.9 Å². The number of carbonyl (C=O) groups excluding carboxylic acids is 2. The average molecular weight is 343 g/mol. The highest BCUT2D eigenvalue weighted by Crippen LogP contribution is 2.25. The van der Waals surface area contributed by atoms with Crippen LogP contribution < -0.4 is 0 Å². The maximum atomic E-state index is 12.8. The Morgan fingerprint density at radius 2 is 1.80 bits per heavy atom. The third kappa shape index (κ3) is 3.87. The van der Waals surface area contributed by atoms with E-state index in [9.17, 15) is 9.59 Å². The molecular formula is C20H29N3O2. The van der Waals surface area contributed by atoms with E-state index in [-0.39, 0.29) is 11.8 Å². The van der Waals surface area contributed by atoms with Gasteiger partial charge in [0.2, 0.25) is 5.91 Å². The van der Waals surface area contributed by atoms with E-state index in [1.54, 1.807) is 0 Å². The van der Waals surface area contributed by atoms with Gasteiger partial charge in [-0.25, -0.2) is 0 Å². The van der Waals surface area contributed by atoms with E-state index in [0.717, 1.165) is 57.5 Å². The molecule has 1 saturated heterocycles. The molecule has 2 aliphatic heterocycles. The molecule has 2 heterocycles. The molecule has 0 aliphatic carbocycles. The van der Waals surface area contributed by atoms with Crippen LogP contribution in [0.3, 0.4) is 0 Å². The number of hydrogen-bond donors (Lipinski definition) is 0. The molecular weight excluding hydrogens is 314 g/mol. The largest absolute Gasteiger partial charge is 0.342 e. The smallest absolute Gasteiger partial charge is 0.254 e. The predicted molar refractivity (Wildman–Crippen MR) is 98.6 cm³/mol. The summed E-state index contributed by atoms with van der Waals surface area (Å²) < 4.78 is 0. The molecule has 0 atom stereocenters. The first-order valence-electron chi connectivity index (χ1n) is 9.53. The van der Waals surface area contributed by atoms with E-state index in [0.29, 0.717) is 12.6 Å². The van der Waals surface area contributed by atoms with Crippen LogP contribution in [0.15, 0.2) is 24.3 Å². The number of likely N-dealkylation sites (tertiary alicyclic amines) is 1. The van der Waals surface area contributed by atoms with Crippen LogP contribution in [0.5, 0.6) is 0 Å². The van der Waals surface area contributed by atoms with Gasteiger partial charge in [0.1, 0.15) is 0 Å². The minimum Gasteiger partial charge on any atom is -0.342 e. The zero-order valence-electron chi connectivity index (χ0n) is 15.4. The second-order valence-corrected chi connectivity index (χ2v) is 6.98. The fourth-order valence-corrected chi connectivity index (χ4v) is 4.05. The Hall–Kier alpha value is -1.88. The number of nitrogens with zero attached hydrogens (tertiary/aromatic N) is 3. The van der Waals surface area contributed by atoms with Crippen molar-refractivity contribution in [1.82, 2.24) is 14.7 Å². The Balaban J connectivity index is 1.55. The molecule has 1 fully saturated rings. The molecule has 0 radical (unpaired) electrons. The molecule has 25 heavy (non-hydrogen) atoms. The van der Waals surface area contributed by atoms with Crippen LogP contribution >= 0.6 is 0 Å². The van der Waals surface area contributed by atoms with E-state index in [1.165, 1.54) is 5.56 Å². The second kappa shape index (κ2) is 8.00. The van der Waals surface area contributed by atoms with E-state index < -0.39 is 0 Å². The van der Waals surface area contributed by atoms with E-state index in [2.05, 4.69) is 15.9 Å². The van der Waals surface area contributed by atoms with Gasteiger partial charge in [0.15, 0.2) is 0 Å². The van der Waals surface area contributed by atoms with E-state index in [4.69, 9.17) is 0 Å². The summed E-state index contributed by atoms with van der Waals surface area (Å²) in [6, 6.07) is 8.27. The number of fused-ring (bicyclic) bond motifs is 1. The molecule has 0 spiro atoms. The minimum absolute atomic E-state index is 0.180. The van der Waals surface area contributed by atoms with Crippen molar-refractivity contribution >= 4 is 11.8 Å². The first-order chi connectivity index (χ1) is 12.1. The molecule has 1 aromatic carbocycles. The highest BCUT2D eigenvalue weighted by atomic mass is 16.2. The molecule has 0 saturated carbocycles. The Labute approximate surface area is 150 Å². The molecule has 0 bridgehead atoms. The van der Waals surface area contributed by atoms with E-state index >= 15 is 0 Å². The van der Waals surface area contributed by atoms with Crippen LogP contribution in [-0.4, -0.2) is 71.8 Å². The Morgan fingerprint density at radius 3 is 2.48 bits per heavy atom. The van der Waals surface area contributed by atoms with Gasteiger partial charge in [-0.3, -0.25) is 14.5 Å². The van der Waals surface area contributed by atoms with Gasteiger partial charge in [-0.2, -0.15) is 0 Å². The molecule has 0 unspecified atom stereocenters. The summed E-state index contributed by atoms with van der Waals surface area (Å²) >= 11 is 0. The standard InChI is InChI=1S/C20H29N3O2/c1-3-22(4-2)19(24)15-21-12-10-17(11-13-21)23-14-9-16-7-5-6-8-18(16)20(23)25/h5-8,17H,3-4,9-15H2,1-2H3. The van der Waals surface area contributed by atoms with Gasteiger partial charge in [-0.1, -0.05) is 18.2 Å². The molecule has 2 aliphatic rings. The van der Waals surface area contributed by atoms with Crippen LogP contribution in [0, 0.1) is 0 Å². The van der Waals surface area contributed by atoms with Gasteiger partial charge in [-0.05, 0) is 44.7 Å². The van der Waals surface area contributed by atoms with Crippen LogP contribution in [0.25, 0.3) is 0 Å². The summed E-state index contributed by atoms with van der Waals surface area (Å²) in [5.41, 5.74) is 2.04. The van der Waals surface area contributed by atoms with Crippen LogP contribution in [0.1, 0.15) is 42.6 Å². The molecule has 0 N–H and O–H groups in total. The van der Waals surface area contributed by atoms with Crippen molar-refractivity contribution in [2.45, 2.75) is 39.2 Å². The van der Waals surface area contributed by atoms with Crippen LogP contribution in [0.4, 0.5) is 0 Å². The number of piperidine rings is 1. The lowest BCUT2D eigenvalue weighted by Crippen LogP contribution is -2.51. The third-order valence-corrected chi connectivity index (χ3v) is 5.60. The highest BCUT2D eigenvalue weighted by molar-refractivity contribution is 5.96. The lowest BCUT2D eigenvalue weighted by Gasteiger charge is -2.40. The third-order valence-electron chi connectivity index (χ3n) is 5.60. The normalized spacial score (nSPS) is 19.0. The number of benzene rings is 1. The fraction of sp³-hybridized carbons (Fsp3) is 0.600. The Kier molecular flexibility index (Phi) is 5.74. The van der Waals surface area contributed by atoms with Crippen LogP contribution in [-0.2, 0) is 11.2 Å². The minimum atomic E-state index is 0.180. The van der Waals surface area contributed by atoms with Gasteiger partial charge in [0.05, 0.1) is 6.54 Å². The average Bonchev–Trinajstić information content (AvgIpc) is 2.64. The maximum absolute atomic E-state index is 12.8. The monoisotopic (exact) mass is 343 g/mol. The molecule has 2 amide bonds. The van der Waals surface area contributed by atoms with Crippen molar-refractivity contribution in [3.05, 3.63) is 35.4 Å². The fourth-order valence-electron chi connectivity index (χ4n) is 4.05. The molecule has 3 rings (SSSR count). The number of amides is 2. The summed E-state index contributed by atoms with van der Waals surface area (Å²) in [7, 11) is 0. The number of hydrogen-bond acceptors (Lipinski definition) is 3. The summed E-state index contributed by atoms with van der Waals surface area (Å²) in [6.45, 7) is 8.69. The zero-order chi connectivity index (χ0) is 17.8. The summed E-state index contributed by atoms with van der Waals surface area (Å²) in [4.78, 5) is 31.2. The van der Waals surface area contributed by atoms with Crippen molar-refractivity contribution in [2.24, 2.45) is 0 Å². The predicted octanol–water partition coefficient (Wildman–Crippen LogP) is 2.02. The molecule has 5 nitrogen and oxygen atoms in total. The van der Waals surface area contributed by atoms with Crippen LogP contribution in [0.2, 0.25) is 0 Å². The van der Waals surface area contributed by atoms with Crippen molar-refractivity contribution in [1.29, 1.82) is 0 Å². The summed E-state index contributed by atoms with van der Waals surface area (Å²) in [5, 5.41) is 0. The van der Waals surface area contributed by atoms with Crippen molar-refractivity contribution in [2.75, 3.05) is 39.3 Å². The lowest BCUT2D eigenvalue weighted by atomic mass is 9.95. The second-order valence-electron chi connectivity index (χ2n) is 6.98. The Morgan fingerprint density at radius 1 is 1.12 bits per heavy atom. The lowest BCUT2D eigenvalue weighted by molar-refractivity contribution is -0.132. The number of rotatable bonds is 5. The molecule has 0 aromatic heterocycles.